The van der Waals surface area contributed by atoms with Gasteiger partial charge in [0, 0.05) is 5.92 Å². The number of carbonyl (C=O) groups is 1. The topological polar surface area (TPSA) is 122 Å². The first-order chi connectivity index (χ1) is 13.5. The van der Waals surface area contributed by atoms with E-state index in [0.29, 0.717) is 11.5 Å². The maximum absolute atomic E-state index is 14.5. The van der Waals surface area contributed by atoms with Gasteiger partial charge in [-0.25, -0.2) is 12.8 Å². The molecule has 1 aromatic heterocycles. The Hall–Kier alpha value is -2.85. The molecule has 10 heteroatoms. The van der Waals surface area contributed by atoms with Crippen LogP contribution in [0.2, 0.25) is 0 Å². The number of nitrogens with one attached hydrogen (secondary N) is 1. The zero-order valence-corrected chi connectivity index (χ0v) is 17.0. The Kier molecular flexibility index (Phi) is 7.04. The third kappa shape index (κ3) is 5.58. The molecule has 1 atom stereocenters. The van der Waals surface area contributed by atoms with Gasteiger partial charge in [-0.05, 0) is 37.1 Å². The van der Waals surface area contributed by atoms with Crippen LogP contribution in [0.1, 0.15) is 38.1 Å². The van der Waals surface area contributed by atoms with E-state index in [4.69, 9.17) is 4.52 Å². The van der Waals surface area contributed by atoms with Crippen LogP contribution in [-0.4, -0.2) is 35.7 Å². The van der Waals surface area contributed by atoms with Crippen molar-refractivity contribution in [2.45, 2.75) is 39.2 Å². The number of sulfonamides is 1. The Labute approximate surface area is 168 Å². The van der Waals surface area contributed by atoms with Crippen molar-refractivity contribution in [2.75, 3.05) is 0 Å². The molecular formula is C19H22FN3O5S. The predicted molar refractivity (Wildman–Crippen MR) is 105 cm³/mol. The van der Waals surface area contributed by atoms with Crippen LogP contribution in [0.3, 0.4) is 0 Å². The molecular weight excluding hydrogens is 401 g/mol. The largest absolute Gasteiger partial charge is 0.480 e. The number of rotatable bonds is 9. The summed E-state index contributed by atoms with van der Waals surface area (Å²) in [5, 5.41) is 13.1. The minimum absolute atomic E-state index is 0.0125. The highest BCUT2D eigenvalue weighted by molar-refractivity contribution is 7.93. The average molecular weight is 423 g/mol. The number of carboxylic acids is 1. The molecule has 1 unspecified atom stereocenters. The second-order valence-electron chi connectivity index (χ2n) is 6.65. The molecule has 0 aliphatic heterocycles. The number of hydrogen-bond donors (Lipinski definition) is 2. The minimum Gasteiger partial charge on any atom is -0.480 e. The zero-order valence-electron chi connectivity index (χ0n) is 16.2. The van der Waals surface area contributed by atoms with Crippen LogP contribution in [-0.2, 0) is 21.2 Å². The van der Waals surface area contributed by atoms with Crippen LogP contribution in [0, 0.1) is 5.82 Å². The highest BCUT2D eigenvalue weighted by Crippen LogP contribution is 2.23. The smallest absolute Gasteiger partial charge is 0.322 e. The van der Waals surface area contributed by atoms with Gasteiger partial charge in [0.2, 0.25) is 21.7 Å². The SMILES string of the molecule is C=C/C=C(\C)S(=O)(=O)NC(Cc1ccc(-c2noc(C(C)C)n2)c(F)c1)C(=O)O. The summed E-state index contributed by atoms with van der Waals surface area (Å²) in [5.74, 6) is -1.62. The first-order valence-electron chi connectivity index (χ1n) is 8.72. The molecule has 0 saturated carbocycles. The Morgan fingerprint density at radius 1 is 1.41 bits per heavy atom. The van der Waals surface area contributed by atoms with Crippen molar-refractivity contribution in [3.63, 3.8) is 0 Å². The van der Waals surface area contributed by atoms with Crippen LogP contribution in [0.4, 0.5) is 4.39 Å². The van der Waals surface area contributed by atoms with E-state index in [9.17, 15) is 22.7 Å². The number of carboxylic acid groups (broad SMARTS) is 1. The number of hydrogen-bond acceptors (Lipinski definition) is 6. The van der Waals surface area contributed by atoms with Crippen LogP contribution >= 0.6 is 0 Å². The fraction of sp³-hybridized carbons (Fsp3) is 0.316. The maximum atomic E-state index is 14.5. The monoisotopic (exact) mass is 423 g/mol. The quantitative estimate of drug-likeness (QED) is 0.594. The summed E-state index contributed by atoms with van der Waals surface area (Å²) in [6.45, 7) is 8.43. The van der Waals surface area contributed by atoms with E-state index >= 15 is 0 Å². The Bertz CT molecular complexity index is 1040. The molecule has 2 N–H and O–H groups in total. The van der Waals surface area contributed by atoms with Gasteiger partial charge in [-0.2, -0.15) is 9.71 Å². The lowest BCUT2D eigenvalue weighted by Gasteiger charge is -2.15. The highest BCUT2D eigenvalue weighted by atomic mass is 32.2. The van der Waals surface area contributed by atoms with Crippen LogP contribution < -0.4 is 4.72 Å². The number of halogens is 1. The second-order valence-corrected chi connectivity index (χ2v) is 8.54. The molecule has 29 heavy (non-hydrogen) atoms. The standard InChI is InChI=1S/C19H22FN3O5S/c1-5-6-12(4)29(26,27)23-16(19(24)25)10-13-7-8-14(15(20)9-13)17-21-18(11(2)3)28-22-17/h5-9,11,16,23H,1,10H2,2-4H3,(H,24,25)/b12-6+. The van der Waals surface area contributed by atoms with Crippen molar-refractivity contribution in [1.82, 2.24) is 14.9 Å². The van der Waals surface area contributed by atoms with E-state index in [1.54, 1.807) is 0 Å². The molecule has 0 fully saturated rings. The molecule has 156 valence electrons. The lowest BCUT2D eigenvalue weighted by atomic mass is 10.0. The third-order valence-electron chi connectivity index (χ3n) is 4.02. The summed E-state index contributed by atoms with van der Waals surface area (Å²) in [6.07, 6.45) is 2.27. The molecule has 0 aliphatic carbocycles. The van der Waals surface area contributed by atoms with Gasteiger partial charge in [0.25, 0.3) is 0 Å². The number of aromatic nitrogens is 2. The van der Waals surface area contributed by atoms with Crippen molar-refractivity contribution in [2.24, 2.45) is 0 Å². The van der Waals surface area contributed by atoms with Crippen molar-refractivity contribution in [3.05, 3.63) is 59.1 Å². The second kappa shape index (κ2) is 9.10. The molecule has 2 aromatic rings. The van der Waals surface area contributed by atoms with Gasteiger partial charge in [-0.15, -0.1) is 0 Å². The summed E-state index contributed by atoms with van der Waals surface area (Å²) >= 11 is 0. The first kappa shape index (κ1) is 22.4. The van der Waals surface area contributed by atoms with Crippen molar-refractivity contribution >= 4 is 16.0 Å². The fourth-order valence-corrected chi connectivity index (χ4v) is 3.42. The van der Waals surface area contributed by atoms with Crippen molar-refractivity contribution in [3.8, 4) is 11.4 Å². The van der Waals surface area contributed by atoms with Gasteiger partial charge in [0.15, 0.2) is 0 Å². The van der Waals surface area contributed by atoms with E-state index in [0.717, 1.165) is 6.07 Å². The van der Waals surface area contributed by atoms with E-state index in [2.05, 4.69) is 21.4 Å². The lowest BCUT2D eigenvalue weighted by Crippen LogP contribution is -2.42. The van der Waals surface area contributed by atoms with Gasteiger partial charge in [-0.1, -0.05) is 37.7 Å². The first-order valence-corrected chi connectivity index (χ1v) is 10.2. The van der Waals surface area contributed by atoms with Gasteiger partial charge < -0.3 is 9.63 Å². The molecule has 1 heterocycles. The summed E-state index contributed by atoms with van der Waals surface area (Å²) in [5.41, 5.74) is 0.390. The summed E-state index contributed by atoms with van der Waals surface area (Å²) in [4.78, 5) is 15.6. The molecule has 1 aromatic carbocycles. The number of benzene rings is 1. The minimum atomic E-state index is -4.02. The van der Waals surface area contributed by atoms with Crippen molar-refractivity contribution < 1.29 is 27.2 Å². The number of aliphatic carboxylic acids is 1. The van der Waals surface area contributed by atoms with Gasteiger partial charge in [-0.3, -0.25) is 4.79 Å². The van der Waals surface area contributed by atoms with Gasteiger partial charge >= 0.3 is 5.97 Å². The van der Waals surface area contributed by atoms with E-state index < -0.39 is 27.9 Å². The summed E-state index contributed by atoms with van der Waals surface area (Å²) in [6, 6.07) is 2.53. The Morgan fingerprint density at radius 2 is 2.10 bits per heavy atom. The summed E-state index contributed by atoms with van der Waals surface area (Å²) in [7, 11) is -4.02. The molecule has 0 amide bonds. The number of nitrogens with zero attached hydrogens (tertiary/aromatic N) is 2. The maximum Gasteiger partial charge on any atom is 0.322 e. The van der Waals surface area contributed by atoms with Gasteiger partial charge in [0.1, 0.15) is 11.9 Å². The van der Waals surface area contributed by atoms with E-state index in [-0.39, 0.29) is 28.6 Å². The van der Waals surface area contributed by atoms with E-state index in [1.807, 2.05) is 13.8 Å². The highest BCUT2D eigenvalue weighted by Gasteiger charge is 2.26. The van der Waals surface area contributed by atoms with Crippen LogP contribution in [0.15, 0.2) is 46.4 Å². The molecule has 0 radical (unpaired) electrons. The van der Waals surface area contributed by atoms with Crippen LogP contribution in [0.5, 0.6) is 0 Å². The number of allylic oxidation sites excluding steroid dienone is 3. The Balaban J connectivity index is 2.25. The lowest BCUT2D eigenvalue weighted by molar-refractivity contribution is -0.138. The molecule has 0 aliphatic rings. The van der Waals surface area contributed by atoms with E-state index in [1.165, 1.54) is 31.2 Å². The zero-order chi connectivity index (χ0) is 21.8. The molecule has 2 rings (SSSR count). The fourth-order valence-electron chi connectivity index (χ4n) is 2.40. The average Bonchev–Trinajstić information content (AvgIpc) is 3.11. The molecule has 0 saturated heterocycles. The van der Waals surface area contributed by atoms with Gasteiger partial charge in [0.05, 0.1) is 10.5 Å². The summed E-state index contributed by atoms with van der Waals surface area (Å²) < 4.78 is 46.1. The van der Waals surface area contributed by atoms with Crippen LogP contribution in [0.25, 0.3) is 11.4 Å². The van der Waals surface area contributed by atoms with Crippen molar-refractivity contribution in [1.29, 1.82) is 0 Å². The molecule has 0 bridgehead atoms. The molecule has 8 nitrogen and oxygen atoms in total. The molecule has 0 spiro atoms. The third-order valence-corrected chi connectivity index (χ3v) is 5.60. The Morgan fingerprint density at radius 3 is 2.62 bits per heavy atom. The predicted octanol–water partition coefficient (Wildman–Crippen LogP) is 3.00. The normalized spacial score (nSPS) is 13.5.